The third-order valence-electron chi connectivity index (χ3n) is 2.65. The van der Waals surface area contributed by atoms with Crippen molar-refractivity contribution in [1.29, 1.82) is 0 Å². The van der Waals surface area contributed by atoms with Crippen molar-refractivity contribution in [3.8, 4) is 0 Å². The molecule has 1 saturated heterocycles. The molecule has 1 atom stereocenters. The van der Waals surface area contributed by atoms with Crippen LogP contribution in [0.4, 0.5) is 5.69 Å². The molecular formula is C12H14BrClN2O4. The molecule has 8 heteroatoms. The van der Waals surface area contributed by atoms with E-state index in [9.17, 15) is 9.59 Å². The molecule has 0 aromatic heterocycles. The molecule has 0 bridgehead atoms. The summed E-state index contributed by atoms with van der Waals surface area (Å²) in [6.07, 6.45) is 0. The summed E-state index contributed by atoms with van der Waals surface area (Å²) in [5.41, 5.74) is 0.543. The maximum Gasteiger partial charge on any atom is 0.335 e. The van der Waals surface area contributed by atoms with E-state index >= 15 is 0 Å². The van der Waals surface area contributed by atoms with Crippen LogP contribution in [0.25, 0.3) is 0 Å². The van der Waals surface area contributed by atoms with Gasteiger partial charge in [0, 0.05) is 16.7 Å². The lowest BCUT2D eigenvalue weighted by atomic mass is 10.2. The van der Waals surface area contributed by atoms with Gasteiger partial charge in [-0.2, -0.15) is 0 Å². The Morgan fingerprint density at radius 2 is 2.15 bits per heavy atom. The van der Waals surface area contributed by atoms with Crippen molar-refractivity contribution in [2.45, 2.75) is 6.04 Å². The normalized spacial score (nSPS) is 17.9. The predicted octanol–water partition coefficient (Wildman–Crippen LogP) is 1.50. The van der Waals surface area contributed by atoms with Crippen molar-refractivity contribution in [1.82, 2.24) is 5.32 Å². The Balaban J connectivity index is 0.00000200. The predicted molar refractivity (Wildman–Crippen MR) is 79.6 cm³/mol. The van der Waals surface area contributed by atoms with Gasteiger partial charge in [-0.3, -0.25) is 4.79 Å². The Bertz CT molecular complexity index is 506. The first-order valence-electron chi connectivity index (χ1n) is 5.72. The number of hydrogen-bond donors (Lipinski definition) is 3. The van der Waals surface area contributed by atoms with E-state index in [1.54, 1.807) is 6.07 Å². The SMILES string of the molecule is Cl.O=C(O)c1cc(Br)cc(NC(=O)C2COCCN2)c1. The van der Waals surface area contributed by atoms with Crippen molar-refractivity contribution < 1.29 is 19.4 Å². The van der Waals surface area contributed by atoms with Crippen LogP contribution in [0.15, 0.2) is 22.7 Å². The van der Waals surface area contributed by atoms with Crippen LogP contribution in [0.1, 0.15) is 10.4 Å². The summed E-state index contributed by atoms with van der Waals surface area (Å²) < 4.78 is 5.79. The summed E-state index contributed by atoms with van der Waals surface area (Å²) >= 11 is 3.21. The summed E-state index contributed by atoms with van der Waals surface area (Å²) in [4.78, 5) is 22.9. The number of aromatic carboxylic acids is 1. The highest BCUT2D eigenvalue weighted by atomic mass is 79.9. The fourth-order valence-corrected chi connectivity index (χ4v) is 2.24. The lowest BCUT2D eigenvalue weighted by Crippen LogP contribution is -2.48. The number of carboxylic acid groups (broad SMARTS) is 1. The molecule has 1 fully saturated rings. The van der Waals surface area contributed by atoms with E-state index in [0.717, 1.165) is 0 Å². The number of benzene rings is 1. The Labute approximate surface area is 130 Å². The first kappa shape index (κ1) is 16.9. The van der Waals surface area contributed by atoms with Crippen LogP contribution in [-0.4, -0.2) is 42.8 Å². The second kappa shape index (κ2) is 7.58. The largest absolute Gasteiger partial charge is 0.478 e. The fraction of sp³-hybridized carbons (Fsp3) is 0.333. The number of anilines is 1. The molecule has 1 aromatic carbocycles. The zero-order chi connectivity index (χ0) is 13.8. The van der Waals surface area contributed by atoms with Gasteiger partial charge in [0.05, 0.1) is 18.8 Å². The molecule has 110 valence electrons. The molecule has 1 amide bonds. The number of amides is 1. The Morgan fingerprint density at radius 3 is 2.75 bits per heavy atom. The molecule has 1 aromatic rings. The molecule has 1 aliphatic rings. The first-order chi connectivity index (χ1) is 9.06. The monoisotopic (exact) mass is 364 g/mol. The van der Waals surface area contributed by atoms with Gasteiger partial charge in [0.1, 0.15) is 6.04 Å². The second-order valence-electron chi connectivity index (χ2n) is 4.10. The third-order valence-corrected chi connectivity index (χ3v) is 3.11. The molecule has 0 aliphatic carbocycles. The number of morpholine rings is 1. The van der Waals surface area contributed by atoms with E-state index in [4.69, 9.17) is 9.84 Å². The smallest absolute Gasteiger partial charge is 0.335 e. The number of halogens is 2. The molecule has 0 radical (unpaired) electrons. The number of carbonyl (C=O) groups excluding carboxylic acids is 1. The maximum absolute atomic E-state index is 11.9. The Morgan fingerprint density at radius 1 is 1.40 bits per heavy atom. The minimum Gasteiger partial charge on any atom is -0.478 e. The van der Waals surface area contributed by atoms with Gasteiger partial charge in [0.2, 0.25) is 5.91 Å². The lowest BCUT2D eigenvalue weighted by molar-refractivity contribution is -0.120. The van der Waals surface area contributed by atoms with Crippen molar-refractivity contribution in [2.24, 2.45) is 0 Å². The van der Waals surface area contributed by atoms with Crippen molar-refractivity contribution in [3.05, 3.63) is 28.2 Å². The average Bonchev–Trinajstić information content (AvgIpc) is 2.39. The van der Waals surface area contributed by atoms with E-state index in [1.807, 2.05) is 0 Å². The Kier molecular flexibility index (Phi) is 6.41. The van der Waals surface area contributed by atoms with Crippen LogP contribution < -0.4 is 10.6 Å². The van der Waals surface area contributed by atoms with Crippen LogP contribution in [0.3, 0.4) is 0 Å². The minimum atomic E-state index is -1.05. The fourth-order valence-electron chi connectivity index (χ4n) is 1.75. The van der Waals surface area contributed by atoms with E-state index in [-0.39, 0.29) is 23.9 Å². The number of hydrogen-bond acceptors (Lipinski definition) is 4. The van der Waals surface area contributed by atoms with Gasteiger partial charge in [-0.05, 0) is 18.2 Å². The van der Waals surface area contributed by atoms with E-state index < -0.39 is 12.0 Å². The van der Waals surface area contributed by atoms with E-state index in [0.29, 0.717) is 29.9 Å². The summed E-state index contributed by atoms with van der Waals surface area (Å²) in [7, 11) is 0. The van der Waals surface area contributed by atoms with E-state index in [1.165, 1.54) is 12.1 Å². The topological polar surface area (TPSA) is 87.7 Å². The summed E-state index contributed by atoms with van der Waals surface area (Å²) in [6, 6.07) is 4.11. The van der Waals surface area contributed by atoms with Crippen LogP contribution in [-0.2, 0) is 9.53 Å². The van der Waals surface area contributed by atoms with Crippen molar-refractivity contribution in [2.75, 3.05) is 25.1 Å². The van der Waals surface area contributed by atoms with Gasteiger partial charge in [-0.15, -0.1) is 12.4 Å². The van der Waals surface area contributed by atoms with Crippen molar-refractivity contribution in [3.63, 3.8) is 0 Å². The number of carbonyl (C=O) groups is 2. The summed E-state index contributed by atoms with van der Waals surface area (Å²) in [5.74, 6) is -1.29. The molecule has 1 unspecified atom stereocenters. The van der Waals surface area contributed by atoms with Gasteiger partial charge < -0.3 is 20.5 Å². The Hall–Kier alpha value is -1.15. The zero-order valence-corrected chi connectivity index (χ0v) is 12.8. The summed E-state index contributed by atoms with van der Waals surface area (Å²) in [6.45, 7) is 1.52. The molecular weight excluding hydrogens is 351 g/mol. The van der Waals surface area contributed by atoms with Gasteiger partial charge in [0.15, 0.2) is 0 Å². The molecule has 2 rings (SSSR count). The van der Waals surface area contributed by atoms with Crippen molar-refractivity contribution >= 4 is 45.9 Å². The molecule has 1 aliphatic heterocycles. The minimum absolute atomic E-state index is 0. The number of rotatable bonds is 3. The average molecular weight is 366 g/mol. The van der Waals surface area contributed by atoms with Gasteiger partial charge in [-0.1, -0.05) is 15.9 Å². The molecule has 0 spiro atoms. The van der Waals surface area contributed by atoms with Crippen LogP contribution >= 0.6 is 28.3 Å². The molecule has 1 heterocycles. The standard InChI is InChI=1S/C12H13BrN2O4.ClH/c13-8-3-7(12(17)18)4-9(5-8)15-11(16)10-6-19-2-1-14-10;/h3-5,10,14H,1-2,6H2,(H,15,16)(H,17,18);1H. The maximum atomic E-state index is 11.9. The third kappa shape index (κ3) is 4.45. The highest BCUT2D eigenvalue weighted by molar-refractivity contribution is 9.10. The second-order valence-corrected chi connectivity index (χ2v) is 5.02. The number of carboxylic acids is 1. The molecule has 6 nitrogen and oxygen atoms in total. The quantitative estimate of drug-likeness (QED) is 0.755. The lowest BCUT2D eigenvalue weighted by Gasteiger charge is -2.23. The van der Waals surface area contributed by atoms with Gasteiger partial charge in [-0.25, -0.2) is 4.79 Å². The van der Waals surface area contributed by atoms with Gasteiger partial charge >= 0.3 is 5.97 Å². The van der Waals surface area contributed by atoms with Crippen LogP contribution in [0.5, 0.6) is 0 Å². The highest BCUT2D eigenvalue weighted by Crippen LogP contribution is 2.20. The molecule has 20 heavy (non-hydrogen) atoms. The van der Waals surface area contributed by atoms with Gasteiger partial charge in [0.25, 0.3) is 0 Å². The van der Waals surface area contributed by atoms with Crippen LogP contribution in [0.2, 0.25) is 0 Å². The number of nitrogens with one attached hydrogen (secondary N) is 2. The highest BCUT2D eigenvalue weighted by Gasteiger charge is 2.21. The first-order valence-corrected chi connectivity index (χ1v) is 6.51. The number of ether oxygens (including phenoxy) is 1. The van der Waals surface area contributed by atoms with E-state index in [2.05, 4.69) is 26.6 Å². The molecule has 0 saturated carbocycles. The molecule has 3 N–H and O–H groups in total. The van der Waals surface area contributed by atoms with Crippen LogP contribution in [0, 0.1) is 0 Å². The zero-order valence-electron chi connectivity index (χ0n) is 10.4. The summed E-state index contributed by atoms with van der Waals surface area (Å²) in [5, 5.41) is 14.6.